The summed E-state index contributed by atoms with van der Waals surface area (Å²) in [5.74, 6) is 0.141. The zero-order valence-corrected chi connectivity index (χ0v) is 16.4. The minimum absolute atomic E-state index is 0.141. The van der Waals surface area contributed by atoms with E-state index in [2.05, 4.69) is 24.8 Å². The first-order chi connectivity index (χ1) is 14.3. The van der Waals surface area contributed by atoms with E-state index >= 15 is 0 Å². The van der Waals surface area contributed by atoms with Gasteiger partial charge in [0.1, 0.15) is 0 Å². The molecule has 7 nitrogen and oxygen atoms in total. The Hall–Kier alpha value is -2.96. The van der Waals surface area contributed by atoms with E-state index in [1.807, 2.05) is 36.7 Å². The number of rotatable bonds is 7. The number of nitrogens with one attached hydrogen (secondary N) is 1. The molecular weight excluding hydrogens is 366 g/mol. The average molecular weight is 391 g/mol. The lowest BCUT2D eigenvalue weighted by Gasteiger charge is -2.34. The van der Waals surface area contributed by atoms with Gasteiger partial charge in [-0.05, 0) is 62.3 Å². The lowest BCUT2D eigenvalue weighted by atomic mass is 9.91. The Morgan fingerprint density at radius 1 is 1.24 bits per heavy atom. The van der Waals surface area contributed by atoms with E-state index in [1.165, 1.54) is 11.3 Å². The molecule has 150 valence electrons. The number of carbonyl (C=O) groups excluding carboxylic acids is 1. The van der Waals surface area contributed by atoms with E-state index in [0.29, 0.717) is 19.0 Å². The largest absolute Gasteiger partial charge is 0.347 e. The lowest BCUT2D eigenvalue weighted by Crippen LogP contribution is -2.44. The second-order valence-electron chi connectivity index (χ2n) is 8.17. The van der Waals surface area contributed by atoms with Crippen molar-refractivity contribution in [1.29, 1.82) is 0 Å². The molecule has 7 heteroatoms. The first-order valence-corrected chi connectivity index (χ1v) is 10.5. The van der Waals surface area contributed by atoms with Gasteiger partial charge in [0.25, 0.3) is 5.91 Å². The third-order valence-electron chi connectivity index (χ3n) is 6.25. The van der Waals surface area contributed by atoms with E-state index in [1.54, 1.807) is 0 Å². The molecule has 1 N–H and O–H groups in total. The zero-order chi connectivity index (χ0) is 19.8. The highest BCUT2D eigenvalue weighted by Crippen LogP contribution is 2.35. The number of amides is 1. The van der Waals surface area contributed by atoms with Crippen molar-refractivity contribution in [3.63, 3.8) is 0 Å². The number of nitrogens with zero attached hydrogens (tertiary/aromatic N) is 4. The summed E-state index contributed by atoms with van der Waals surface area (Å²) < 4.78 is 2.11. The van der Waals surface area contributed by atoms with Crippen LogP contribution in [0.3, 0.4) is 0 Å². The van der Waals surface area contributed by atoms with Gasteiger partial charge in [-0.2, -0.15) is 10.0 Å². The number of hydrogen-bond acceptors (Lipinski definition) is 4. The Morgan fingerprint density at radius 3 is 2.97 bits per heavy atom. The molecule has 1 saturated carbocycles. The van der Waals surface area contributed by atoms with E-state index in [9.17, 15) is 9.70 Å². The predicted molar refractivity (Wildman–Crippen MR) is 111 cm³/mol. The van der Waals surface area contributed by atoms with Gasteiger partial charge >= 0.3 is 0 Å². The standard InChI is InChI=1S/C22H25N5O2/c28-22(19-3-1-4-21-18(19)9-12-26(21)11-2-10-24-29)27(16-5-6-16)17-7-8-20-15(13-17)14-23-25-20/h1,3-4,9,12,14,16-17H,2,5-8,10-11,13H2,(H,23,25). The Bertz CT molecular complexity index is 1050. The van der Waals surface area contributed by atoms with Crippen molar-refractivity contribution < 1.29 is 4.79 Å². The van der Waals surface area contributed by atoms with Crippen LogP contribution in [-0.4, -0.2) is 44.2 Å². The SMILES string of the molecule is O=NCCCn1ccc2c(C(=O)N(C3CC3)C3CCc4[nH]ncc4C3)cccc21. The summed E-state index contributed by atoms with van der Waals surface area (Å²) in [6, 6.07) is 8.57. The van der Waals surface area contributed by atoms with Crippen LogP contribution in [-0.2, 0) is 19.4 Å². The monoisotopic (exact) mass is 391 g/mol. The number of nitroso groups, excluding NO2 is 1. The summed E-state index contributed by atoms with van der Waals surface area (Å²) in [6.45, 7) is 1.04. The number of aryl methyl sites for hydroxylation is 2. The second-order valence-corrected chi connectivity index (χ2v) is 8.17. The molecule has 0 aliphatic heterocycles. The first kappa shape index (κ1) is 18.1. The topological polar surface area (TPSA) is 83.4 Å². The van der Waals surface area contributed by atoms with Crippen molar-refractivity contribution in [3.8, 4) is 0 Å². The van der Waals surface area contributed by atoms with Crippen molar-refractivity contribution in [2.24, 2.45) is 5.18 Å². The maximum atomic E-state index is 13.7. The maximum Gasteiger partial charge on any atom is 0.255 e. The van der Waals surface area contributed by atoms with Gasteiger partial charge in [0.2, 0.25) is 0 Å². The van der Waals surface area contributed by atoms with Crippen LogP contribution < -0.4 is 0 Å². The Balaban J connectivity index is 1.44. The fourth-order valence-electron chi connectivity index (χ4n) is 4.67. The van der Waals surface area contributed by atoms with Gasteiger partial charge in [-0.1, -0.05) is 11.2 Å². The van der Waals surface area contributed by atoms with Gasteiger partial charge in [0.05, 0.1) is 12.7 Å². The van der Waals surface area contributed by atoms with Gasteiger partial charge in [0.15, 0.2) is 0 Å². The number of hydrogen-bond donors (Lipinski definition) is 1. The molecule has 1 unspecified atom stereocenters. The quantitative estimate of drug-likeness (QED) is 0.492. The molecule has 0 radical (unpaired) electrons. The minimum atomic E-state index is 0.141. The highest BCUT2D eigenvalue weighted by Gasteiger charge is 2.39. The minimum Gasteiger partial charge on any atom is -0.347 e. The third-order valence-corrected chi connectivity index (χ3v) is 6.25. The fourth-order valence-corrected chi connectivity index (χ4v) is 4.67. The molecule has 29 heavy (non-hydrogen) atoms. The van der Waals surface area contributed by atoms with Crippen molar-refractivity contribution in [2.75, 3.05) is 6.54 Å². The van der Waals surface area contributed by atoms with Crippen molar-refractivity contribution >= 4 is 16.8 Å². The average Bonchev–Trinajstić information content (AvgIpc) is 3.30. The number of carbonyl (C=O) groups is 1. The molecule has 1 aromatic carbocycles. The lowest BCUT2D eigenvalue weighted by molar-refractivity contribution is 0.0645. The molecule has 2 aromatic heterocycles. The number of benzene rings is 1. The first-order valence-electron chi connectivity index (χ1n) is 10.5. The molecular formula is C22H25N5O2. The molecule has 1 amide bonds. The van der Waals surface area contributed by atoms with Gasteiger partial charge in [-0.3, -0.25) is 9.89 Å². The fraction of sp³-hybridized carbons (Fsp3) is 0.455. The number of aromatic nitrogens is 3. The molecule has 5 rings (SSSR count). The molecule has 2 heterocycles. The molecule has 2 aliphatic carbocycles. The zero-order valence-electron chi connectivity index (χ0n) is 16.4. The molecule has 0 spiro atoms. The van der Waals surface area contributed by atoms with Crippen LogP contribution in [0.5, 0.6) is 0 Å². The Labute approximate surface area is 169 Å². The highest BCUT2D eigenvalue weighted by molar-refractivity contribution is 6.07. The molecule has 1 atom stereocenters. The van der Waals surface area contributed by atoms with Crippen LogP contribution in [0, 0.1) is 4.91 Å². The Morgan fingerprint density at radius 2 is 2.14 bits per heavy atom. The molecule has 0 bridgehead atoms. The normalized spacial score (nSPS) is 18.6. The van der Waals surface area contributed by atoms with Crippen LogP contribution in [0.15, 0.2) is 41.8 Å². The Kier molecular flexibility index (Phi) is 4.66. The van der Waals surface area contributed by atoms with E-state index in [-0.39, 0.29) is 11.9 Å². The number of aromatic amines is 1. The molecule has 0 saturated heterocycles. The van der Waals surface area contributed by atoms with Crippen molar-refractivity contribution in [3.05, 3.63) is 58.4 Å². The summed E-state index contributed by atoms with van der Waals surface area (Å²) in [6.07, 6.45) is 9.61. The van der Waals surface area contributed by atoms with E-state index in [0.717, 1.165) is 55.1 Å². The second kappa shape index (κ2) is 7.46. The third kappa shape index (κ3) is 3.34. The maximum absolute atomic E-state index is 13.7. The number of fused-ring (bicyclic) bond motifs is 2. The molecule has 1 fully saturated rings. The van der Waals surface area contributed by atoms with Crippen LogP contribution in [0.2, 0.25) is 0 Å². The van der Waals surface area contributed by atoms with Gasteiger partial charge < -0.3 is 9.47 Å². The summed E-state index contributed by atoms with van der Waals surface area (Å²) >= 11 is 0. The summed E-state index contributed by atoms with van der Waals surface area (Å²) in [5.41, 5.74) is 4.28. The molecule has 3 aromatic rings. The van der Waals surface area contributed by atoms with Crippen LogP contribution in [0.25, 0.3) is 10.9 Å². The van der Waals surface area contributed by atoms with Crippen LogP contribution >= 0.6 is 0 Å². The number of H-pyrrole nitrogens is 1. The highest BCUT2D eigenvalue weighted by atomic mass is 16.3. The summed E-state index contributed by atoms with van der Waals surface area (Å²) in [4.78, 5) is 26.2. The van der Waals surface area contributed by atoms with Gasteiger partial charge in [0, 0.05) is 47.0 Å². The van der Waals surface area contributed by atoms with Crippen molar-refractivity contribution in [1.82, 2.24) is 19.7 Å². The van der Waals surface area contributed by atoms with E-state index < -0.39 is 0 Å². The predicted octanol–water partition coefficient (Wildman–Crippen LogP) is 3.68. The van der Waals surface area contributed by atoms with E-state index in [4.69, 9.17) is 0 Å². The van der Waals surface area contributed by atoms with Crippen LogP contribution in [0.4, 0.5) is 0 Å². The van der Waals surface area contributed by atoms with Gasteiger partial charge in [-0.15, -0.1) is 0 Å². The molecule has 2 aliphatic rings. The van der Waals surface area contributed by atoms with Crippen molar-refractivity contribution in [2.45, 2.75) is 57.2 Å². The summed E-state index contributed by atoms with van der Waals surface area (Å²) in [5, 5.41) is 11.2. The van der Waals surface area contributed by atoms with Gasteiger partial charge in [-0.25, -0.2) is 0 Å². The smallest absolute Gasteiger partial charge is 0.255 e. The summed E-state index contributed by atoms with van der Waals surface area (Å²) in [7, 11) is 0. The van der Waals surface area contributed by atoms with Crippen LogP contribution in [0.1, 0.15) is 47.3 Å².